The first-order chi connectivity index (χ1) is 7.31. The van der Waals surface area contributed by atoms with E-state index in [0.29, 0.717) is 5.91 Å². The highest BCUT2D eigenvalue weighted by Crippen LogP contribution is 2.28. The van der Waals surface area contributed by atoms with Gasteiger partial charge in [0.15, 0.2) is 0 Å². The molecule has 86 valence electrons. The second-order valence-corrected chi connectivity index (χ2v) is 4.88. The first-order valence-electron chi connectivity index (χ1n) is 6.33. The van der Waals surface area contributed by atoms with Crippen LogP contribution in [-0.4, -0.2) is 36.5 Å². The third kappa shape index (κ3) is 2.51. The molecule has 1 saturated carbocycles. The minimum atomic E-state index is 0.116. The fourth-order valence-electron chi connectivity index (χ4n) is 2.42. The van der Waals surface area contributed by atoms with E-state index in [-0.39, 0.29) is 6.04 Å². The van der Waals surface area contributed by atoms with Crippen molar-refractivity contribution in [3.05, 3.63) is 0 Å². The average Bonchev–Trinajstić information content (AvgIpc) is 2.51. The normalized spacial score (nSPS) is 27.1. The van der Waals surface area contributed by atoms with Crippen LogP contribution in [0.1, 0.15) is 39.0 Å². The lowest BCUT2D eigenvalue weighted by Crippen LogP contribution is -2.41. The Morgan fingerprint density at radius 2 is 2.20 bits per heavy atom. The molecule has 2 rings (SSSR count). The van der Waals surface area contributed by atoms with Gasteiger partial charge in [0.2, 0.25) is 5.91 Å². The second kappa shape index (κ2) is 4.97. The van der Waals surface area contributed by atoms with Crippen LogP contribution in [0.2, 0.25) is 0 Å². The predicted molar refractivity (Wildman–Crippen MR) is 60.6 cm³/mol. The second-order valence-electron chi connectivity index (χ2n) is 4.88. The maximum atomic E-state index is 12.0. The van der Waals surface area contributed by atoms with E-state index in [2.05, 4.69) is 17.1 Å². The summed E-state index contributed by atoms with van der Waals surface area (Å²) in [7, 11) is 0. The maximum Gasteiger partial charge on any atom is 0.239 e. The minimum Gasteiger partial charge on any atom is -0.341 e. The molecule has 1 atom stereocenters. The molecule has 1 aliphatic carbocycles. The summed E-state index contributed by atoms with van der Waals surface area (Å²) in [4.78, 5) is 14.0. The number of hydrogen-bond donors (Lipinski definition) is 1. The monoisotopic (exact) mass is 210 g/mol. The predicted octanol–water partition coefficient (Wildman–Crippen LogP) is 1.39. The Bertz CT molecular complexity index is 226. The van der Waals surface area contributed by atoms with Crippen LogP contribution in [-0.2, 0) is 4.79 Å². The lowest BCUT2D eigenvalue weighted by molar-refractivity contribution is -0.130. The van der Waals surface area contributed by atoms with Gasteiger partial charge in [0, 0.05) is 13.1 Å². The summed E-state index contributed by atoms with van der Waals surface area (Å²) in [5.41, 5.74) is 0. The first kappa shape index (κ1) is 10.9. The molecule has 15 heavy (non-hydrogen) atoms. The molecule has 1 unspecified atom stereocenters. The number of nitrogens with zero attached hydrogens (tertiary/aromatic N) is 1. The van der Waals surface area contributed by atoms with Crippen molar-refractivity contribution in [3.63, 3.8) is 0 Å². The van der Waals surface area contributed by atoms with Crippen LogP contribution in [0.4, 0.5) is 0 Å². The summed E-state index contributed by atoms with van der Waals surface area (Å²) in [5.74, 6) is 1.15. The van der Waals surface area contributed by atoms with Crippen LogP contribution in [0, 0.1) is 5.92 Å². The van der Waals surface area contributed by atoms with E-state index in [1.165, 1.54) is 19.3 Å². The molecule has 0 aromatic carbocycles. The lowest BCUT2D eigenvalue weighted by atomic mass is 9.85. The highest BCUT2D eigenvalue weighted by atomic mass is 16.2. The lowest BCUT2D eigenvalue weighted by Gasteiger charge is -2.30. The van der Waals surface area contributed by atoms with Crippen molar-refractivity contribution in [1.82, 2.24) is 10.2 Å². The highest BCUT2D eigenvalue weighted by molar-refractivity contribution is 5.83. The standard InChI is InChI=1S/C12H22N2O/c1-2-7-13-11-6-8-14(12(11)15)9-10-4-3-5-10/h10-11,13H,2-9H2,1H3. The Kier molecular flexibility index (Phi) is 3.62. The van der Waals surface area contributed by atoms with Gasteiger partial charge in [-0.25, -0.2) is 0 Å². The topological polar surface area (TPSA) is 32.3 Å². The van der Waals surface area contributed by atoms with Crippen LogP contribution in [0.3, 0.4) is 0 Å². The van der Waals surface area contributed by atoms with Gasteiger partial charge >= 0.3 is 0 Å². The molecule has 1 aliphatic heterocycles. The van der Waals surface area contributed by atoms with Crippen LogP contribution >= 0.6 is 0 Å². The zero-order chi connectivity index (χ0) is 10.7. The summed E-state index contributed by atoms with van der Waals surface area (Å²) >= 11 is 0. The van der Waals surface area contributed by atoms with Gasteiger partial charge in [-0.15, -0.1) is 0 Å². The van der Waals surface area contributed by atoms with Gasteiger partial charge in [-0.1, -0.05) is 13.3 Å². The van der Waals surface area contributed by atoms with E-state index < -0.39 is 0 Å². The Labute approximate surface area is 92.2 Å². The molecule has 2 aliphatic rings. The fraction of sp³-hybridized carbons (Fsp3) is 0.917. The third-order valence-corrected chi connectivity index (χ3v) is 3.64. The van der Waals surface area contributed by atoms with E-state index in [1.54, 1.807) is 0 Å². The van der Waals surface area contributed by atoms with E-state index in [4.69, 9.17) is 0 Å². The number of hydrogen-bond acceptors (Lipinski definition) is 2. The molecule has 2 fully saturated rings. The Balaban J connectivity index is 1.75. The molecule has 3 nitrogen and oxygen atoms in total. The Hall–Kier alpha value is -0.570. The molecule has 0 aromatic heterocycles. The quantitative estimate of drug-likeness (QED) is 0.743. The molecule has 0 bridgehead atoms. The summed E-state index contributed by atoms with van der Waals surface area (Å²) in [5, 5.41) is 3.33. The van der Waals surface area contributed by atoms with Crippen molar-refractivity contribution < 1.29 is 4.79 Å². The summed E-state index contributed by atoms with van der Waals surface area (Å²) < 4.78 is 0. The molecule has 3 heteroatoms. The number of likely N-dealkylation sites (tertiary alicyclic amines) is 1. The minimum absolute atomic E-state index is 0.116. The van der Waals surface area contributed by atoms with E-state index >= 15 is 0 Å². The first-order valence-corrected chi connectivity index (χ1v) is 6.33. The van der Waals surface area contributed by atoms with Crippen molar-refractivity contribution in [2.75, 3.05) is 19.6 Å². The number of rotatable bonds is 5. The van der Waals surface area contributed by atoms with E-state index in [0.717, 1.165) is 38.4 Å². The maximum absolute atomic E-state index is 12.0. The van der Waals surface area contributed by atoms with E-state index in [1.807, 2.05) is 0 Å². The Morgan fingerprint density at radius 1 is 1.40 bits per heavy atom. The van der Waals surface area contributed by atoms with Crippen molar-refractivity contribution in [3.8, 4) is 0 Å². The number of amides is 1. The molecule has 0 spiro atoms. The summed E-state index contributed by atoms with van der Waals surface area (Å²) in [6, 6.07) is 0.116. The Morgan fingerprint density at radius 3 is 2.80 bits per heavy atom. The molecule has 0 radical (unpaired) electrons. The highest BCUT2D eigenvalue weighted by Gasteiger charge is 2.33. The molecular formula is C12H22N2O. The van der Waals surface area contributed by atoms with Crippen molar-refractivity contribution in [2.45, 2.75) is 45.1 Å². The van der Waals surface area contributed by atoms with Crippen molar-refractivity contribution in [1.29, 1.82) is 0 Å². The smallest absolute Gasteiger partial charge is 0.239 e. The summed E-state index contributed by atoms with van der Waals surface area (Å²) in [6.07, 6.45) is 6.13. The summed E-state index contributed by atoms with van der Waals surface area (Å²) in [6.45, 7) is 5.09. The van der Waals surface area contributed by atoms with Gasteiger partial charge in [-0.2, -0.15) is 0 Å². The molecule has 0 aromatic rings. The van der Waals surface area contributed by atoms with Crippen molar-refractivity contribution >= 4 is 5.91 Å². The van der Waals surface area contributed by atoms with Crippen molar-refractivity contribution in [2.24, 2.45) is 5.92 Å². The third-order valence-electron chi connectivity index (χ3n) is 3.64. The van der Waals surface area contributed by atoms with Crippen LogP contribution in [0.5, 0.6) is 0 Å². The van der Waals surface area contributed by atoms with Crippen LogP contribution in [0.15, 0.2) is 0 Å². The number of carbonyl (C=O) groups is 1. The average molecular weight is 210 g/mol. The zero-order valence-electron chi connectivity index (χ0n) is 9.67. The SMILES string of the molecule is CCCNC1CCN(CC2CCC2)C1=O. The van der Waals surface area contributed by atoms with Gasteiger partial charge in [0.05, 0.1) is 6.04 Å². The van der Waals surface area contributed by atoms with Crippen LogP contribution in [0.25, 0.3) is 0 Å². The number of nitrogens with one attached hydrogen (secondary N) is 1. The molecule has 1 N–H and O–H groups in total. The van der Waals surface area contributed by atoms with Gasteiger partial charge in [0.25, 0.3) is 0 Å². The fourth-order valence-corrected chi connectivity index (χ4v) is 2.42. The van der Waals surface area contributed by atoms with Gasteiger partial charge in [-0.05, 0) is 38.1 Å². The number of carbonyl (C=O) groups excluding carboxylic acids is 1. The molecule has 1 heterocycles. The van der Waals surface area contributed by atoms with Crippen LogP contribution < -0.4 is 5.32 Å². The van der Waals surface area contributed by atoms with Gasteiger partial charge < -0.3 is 10.2 Å². The van der Waals surface area contributed by atoms with Gasteiger partial charge in [0.1, 0.15) is 0 Å². The zero-order valence-corrected chi connectivity index (χ0v) is 9.67. The molecule has 1 saturated heterocycles. The van der Waals surface area contributed by atoms with E-state index in [9.17, 15) is 4.79 Å². The molecule has 1 amide bonds. The van der Waals surface area contributed by atoms with Gasteiger partial charge in [-0.3, -0.25) is 4.79 Å². The molecular weight excluding hydrogens is 188 g/mol. The largest absolute Gasteiger partial charge is 0.341 e.